The number of hydrogen-bond donors (Lipinski definition) is 1. The number of carbonyl (C=O) groups excluding carboxylic acids is 2. The molecule has 0 bridgehead atoms. The SMILES string of the molecule is CC[C@@H](C)NC(=O)[C@H](CC)N(Cc1cccc(C)c1)C(=O)CCCN(c1ccccc1)S(C)(=O)=O. The van der Waals surface area contributed by atoms with Crippen molar-refractivity contribution in [3.63, 3.8) is 0 Å². The van der Waals surface area contributed by atoms with Crippen LogP contribution in [0, 0.1) is 6.92 Å². The van der Waals surface area contributed by atoms with Gasteiger partial charge in [0.15, 0.2) is 0 Å². The van der Waals surface area contributed by atoms with Gasteiger partial charge in [0.05, 0.1) is 11.9 Å². The normalized spacial score (nSPS) is 13.1. The summed E-state index contributed by atoms with van der Waals surface area (Å²) < 4.78 is 26.1. The van der Waals surface area contributed by atoms with Gasteiger partial charge >= 0.3 is 0 Å². The van der Waals surface area contributed by atoms with Gasteiger partial charge in [-0.05, 0) is 50.8 Å². The van der Waals surface area contributed by atoms with Gasteiger partial charge in [-0.3, -0.25) is 13.9 Å². The highest BCUT2D eigenvalue weighted by molar-refractivity contribution is 7.92. The Morgan fingerprint density at radius 1 is 1.00 bits per heavy atom. The van der Waals surface area contributed by atoms with Gasteiger partial charge in [-0.2, -0.15) is 0 Å². The van der Waals surface area contributed by atoms with E-state index in [4.69, 9.17) is 0 Å². The third-order valence-corrected chi connectivity index (χ3v) is 7.21. The van der Waals surface area contributed by atoms with Crippen molar-refractivity contribution < 1.29 is 18.0 Å². The molecule has 35 heavy (non-hydrogen) atoms. The maximum Gasteiger partial charge on any atom is 0.243 e. The maximum absolute atomic E-state index is 13.4. The molecule has 2 rings (SSSR count). The highest BCUT2D eigenvalue weighted by atomic mass is 32.2. The van der Waals surface area contributed by atoms with Crippen LogP contribution in [-0.4, -0.2) is 50.0 Å². The van der Waals surface area contributed by atoms with Crippen LogP contribution in [0.4, 0.5) is 5.69 Å². The van der Waals surface area contributed by atoms with Crippen LogP contribution < -0.4 is 9.62 Å². The van der Waals surface area contributed by atoms with E-state index in [-0.39, 0.29) is 30.8 Å². The third-order valence-electron chi connectivity index (χ3n) is 6.02. The number of amides is 2. The van der Waals surface area contributed by atoms with E-state index in [0.29, 0.717) is 25.1 Å². The van der Waals surface area contributed by atoms with Gasteiger partial charge in [-0.25, -0.2) is 8.42 Å². The van der Waals surface area contributed by atoms with Gasteiger partial charge in [0, 0.05) is 25.6 Å². The summed E-state index contributed by atoms with van der Waals surface area (Å²) in [6.45, 7) is 8.34. The fraction of sp³-hybridized carbons (Fsp3) is 0.481. The second-order valence-electron chi connectivity index (χ2n) is 9.03. The first-order valence-corrected chi connectivity index (χ1v) is 14.1. The van der Waals surface area contributed by atoms with Crippen molar-refractivity contribution in [1.29, 1.82) is 0 Å². The zero-order valence-electron chi connectivity index (χ0n) is 21.5. The Kier molecular flexibility index (Phi) is 10.8. The molecule has 0 saturated carbocycles. The number of hydrogen-bond acceptors (Lipinski definition) is 4. The largest absolute Gasteiger partial charge is 0.352 e. The molecule has 0 radical (unpaired) electrons. The summed E-state index contributed by atoms with van der Waals surface area (Å²) in [6.07, 6.45) is 2.93. The van der Waals surface area contributed by atoms with Crippen molar-refractivity contribution in [2.24, 2.45) is 0 Å². The molecule has 2 aromatic carbocycles. The summed E-state index contributed by atoms with van der Waals surface area (Å²) in [7, 11) is -3.50. The average Bonchev–Trinajstić information content (AvgIpc) is 2.81. The average molecular weight is 502 g/mol. The van der Waals surface area contributed by atoms with E-state index in [9.17, 15) is 18.0 Å². The molecule has 1 N–H and O–H groups in total. The predicted octanol–water partition coefficient (Wildman–Crippen LogP) is 4.26. The lowest BCUT2D eigenvalue weighted by Gasteiger charge is -2.32. The molecule has 2 atom stereocenters. The summed E-state index contributed by atoms with van der Waals surface area (Å²) >= 11 is 0. The fourth-order valence-electron chi connectivity index (χ4n) is 3.97. The van der Waals surface area contributed by atoms with Crippen LogP contribution in [0.15, 0.2) is 54.6 Å². The molecular weight excluding hydrogens is 462 g/mol. The second-order valence-corrected chi connectivity index (χ2v) is 10.9. The monoisotopic (exact) mass is 501 g/mol. The van der Waals surface area contributed by atoms with Crippen LogP contribution in [0.2, 0.25) is 0 Å². The van der Waals surface area contributed by atoms with Gasteiger partial charge < -0.3 is 10.2 Å². The molecule has 0 aromatic heterocycles. The van der Waals surface area contributed by atoms with E-state index in [1.54, 1.807) is 29.2 Å². The standard InChI is InChI=1S/C27H39N3O4S/c1-6-22(4)28-27(32)25(7-2)29(20-23-14-11-13-21(3)19-23)26(31)17-12-18-30(35(5,33)34)24-15-9-8-10-16-24/h8-11,13-16,19,22,25H,6-7,12,17-18,20H2,1-5H3,(H,28,32)/t22-,25+/m1/s1. The molecule has 8 heteroatoms. The van der Waals surface area contributed by atoms with Crippen LogP contribution >= 0.6 is 0 Å². The van der Waals surface area contributed by atoms with E-state index < -0.39 is 16.1 Å². The molecule has 2 amide bonds. The molecule has 0 saturated heterocycles. The second kappa shape index (κ2) is 13.3. The van der Waals surface area contributed by atoms with E-state index in [2.05, 4.69) is 5.32 Å². The summed E-state index contributed by atoms with van der Waals surface area (Å²) in [5, 5.41) is 3.01. The van der Waals surface area contributed by atoms with Gasteiger partial charge in [0.25, 0.3) is 0 Å². The Morgan fingerprint density at radius 3 is 2.26 bits per heavy atom. The quantitative estimate of drug-likeness (QED) is 0.444. The molecule has 0 aliphatic carbocycles. The van der Waals surface area contributed by atoms with Crippen molar-refractivity contribution >= 4 is 27.5 Å². The predicted molar refractivity (Wildman–Crippen MR) is 142 cm³/mol. The Bertz CT molecular complexity index is 1070. The van der Waals surface area contributed by atoms with E-state index >= 15 is 0 Å². The number of anilines is 1. The molecule has 0 spiro atoms. The molecule has 0 aliphatic heterocycles. The van der Waals surface area contributed by atoms with Gasteiger partial charge in [0.1, 0.15) is 6.04 Å². The first-order chi connectivity index (χ1) is 16.6. The number of nitrogens with one attached hydrogen (secondary N) is 1. The number of rotatable bonds is 13. The summed E-state index contributed by atoms with van der Waals surface area (Å²) in [5.74, 6) is -0.330. The number of aryl methyl sites for hydroxylation is 1. The van der Waals surface area contributed by atoms with Crippen LogP contribution in [0.3, 0.4) is 0 Å². The number of para-hydroxylation sites is 1. The molecule has 7 nitrogen and oxygen atoms in total. The third kappa shape index (κ3) is 8.69. The Morgan fingerprint density at radius 2 is 1.69 bits per heavy atom. The van der Waals surface area contributed by atoms with Crippen molar-refractivity contribution in [2.75, 3.05) is 17.1 Å². The minimum atomic E-state index is -3.50. The summed E-state index contributed by atoms with van der Waals surface area (Å²) in [5.41, 5.74) is 2.60. The number of nitrogens with zero attached hydrogens (tertiary/aromatic N) is 2. The smallest absolute Gasteiger partial charge is 0.243 e. The van der Waals surface area contributed by atoms with Crippen LogP contribution in [-0.2, 0) is 26.2 Å². The highest BCUT2D eigenvalue weighted by Gasteiger charge is 2.29. The van der Waals surface area contributed by atoms with Crippen molar-refractivity contribution in [2.45, 2.75) is 72.0 Å². The van der Waals surface area contributed by atoms with Crippen molar-refractivity contribution in [3.8, 4) is 0 Å². The first kappa shape index (κ1) is 28.4. The Labute approximate surface area is 210 Å². The minimum absolute atomic E-state index is 0.0154. The highest BCUT2D eigenvalue weighted by Crippen LogP contribution is 2.19. The summed E-state index contributed by atoms with van der Waals surface area (Å²) in [4.78, 5) is 28.1. The molecule has 0 heterocycles. The zero-order chi connectivity index (χ0) is 26.0. The molecule has 0 fully saturated rings. The molecule has 192 valence electrons. The van der Waals surface area contributed by atoms with Crippen LogP contribution in [0.1, 0.15) is 57.6 Å². The lowest BCUT2D eigenvalue weighted by atomic mass is 10.1. The lowest BCUT2D eigenvalue weighted by molar-refractivity contribution is -0.141. The number of benzene rings is 2. The first-order valence-electron chi connectivity index (χ1n) is 12.2. The molecule has 0 unspecified atom stereocenters. The summed E-state index contributed by atoms with van der Waals surface area (Å²) in [6, 6.07) is 16.2. The van der Waals surface area contributed by atoms with Gasteiger partial charge in [-0.15, -0.1) is 0 Å². The Hall–Kier alpha value is -2.87. The number of carbonyl (C=O) groups is 2. The Balaban J connectivity index is 2.21. The molecular formula is C27H39N3O4S. The van der Waals surface area contributed by atoms with Gasteiger partial charge in [0.2, 0.25) is 21.8 Å². The fourth-order valence-corrected chi connectivity index (χ4v) is 4.93. The number of sulfonamides is 1. The maximum atomic E-state index is 13.4. The van der Waals surface area contributed by atoms with Crippen LogP contribution in [0.25, 0.3) is 0 Å². The minimum Gasteiger partial charge on any atom is -0.352 e. The topological polar surface area (TPSA) is 86.8 Å². The van der Waals surface area contributed by atoms with Gasteiger partial charge in [-0.1, -0.05) is 61.9 Å². The lowest BCUT2D eigenvalue weighted by Crippen LogP contribution is -2.50. The van der Waals surface area contributed by atoms with E-state index in [1.165, 1.54) is 4.31 Å². The van der Waals surface area contributed by atoms with E-state index in [1.807, 2.05) is 58.0 Å². The van der Waals surface area contributed by atoms with Crippen molar-refractivity contribution in [1.82, 2.24) is 10.2 Å². The van der Waals surface area contributed by atoms with Crippen molar-refractivity contribution in [3.05, 3.63) is 65.7 Å². The van der Waals surface area contributed by atoms with E-state index in [0.717, 1.165) is 23.8 Å². The van der Waals surface area contributed by atoms with Crippen LogP contribution in [0.5, 0.6) is 0 Å². The molecule has 2 aromatic rings. The zero-order valence-corrected chi connectivity index (χ0v) is 22.3. The molecule has 0 aliphatic rings.